The number of hydrogen-bond donors (Lipinski definition) is 2. The molecule has 1 aliphatic rings. The van der Waals surface area contributed by atoms with Crippen LogP contribution in [-0.4, -0.2) is 41.5 Å². The topological polar surface area (TPSA) is 103 Å². The van der Waals surface area contributed by atoms with Crippen LogP contribution in [0.3, 0.4) is 0 Å². The maximum absolute atomic E-state index is 13.2. The number of carbonyl (C=O) groups is 1. The van der Waals surface area contributed by atoms with Gasteiger partial charge in [-0.1, -0.05) is 0 Å². The average Bonchev–Trinajstić information content (AvgIpc) is 3.00. The summed E-state index contributed by atoms with van der Waals surface area (Å²) in [7, 11) is 0. The maximum Gasteiger partial charge on any atom is 0.417 e. The Balaban J connectivity index is 1.68. The van der Waals surface area contributed by atoms with Crippen molar-refractivity contribution in [2.75, 3.05) is 31.6 Å². The van der Waals surface area contributed by atoms with Crippen LogP contribution in [0.4, 0.5) is 24.9 Å². The number of rotatable bonds is 5. The van der Waals surface area contributed by atoms with Gasteiger partial charge in [-0.25, -0.2) is 4.31 Å². The van der Waals surface area contributed by atoms with Crippen LogP contribution in [-0.2, 0) is 10.9 Å². The minimum atomic E-state index is -4.69. The molecule has 0 aliphatic carbocycles. The molecule has 1 saturated heterocycles. The molecule has 3 rings (SSSR count). The summed E-state index contributed by atoms with van der Waals surface area (Å²) in [5.74, 6) is -0.505. The van der Waals surface area contributed by atoms with Crippen LogP contribution in [0.25, 0.3) is 0 Å². The molecule has 2 N–H and O–H groups in total. The van der Waals surface area contributed by atoms with Crippen molar-refractivity contribution in [3.8, 4) is 6.07 Å². The predicted molar refractivity (Wildman–Crippen MR) is 103 cm³/mol. The zero-order valence-electron chi connectivity index (χ0n) is 15.9. The van der Waals surface area contributed by atoms with Crippen LogP contribution in [0.15, 0.2) is 22.8 Å². The highest BCUT2D eigenvalue weighted by molar-refractivity contribution is 7.95. The number of carbonyl (C=O) groups excluding carboxylic acids is 1. The van der Waals surface area contributed by atoms with Gasteiger partial charge in [0.2, 0.25) is 0 Å². The molecule has 1 aromatic carbocycles. The number of oxazole rings is 1. The lowest BCUT2D eigenvalue weighted by molar-refractivity contribution is -0.137. The van der Waals surface area contributed by atoms with Gasteiger partial charge in [-0.05, 0) is 31.0 Å². The fourth-order valence-electron chi connectivity index (χ4n) is 2.69. The summed E-state index contributed by atoms with van der Waals surface area (Å²) in [6.45, 7) is 4.21. The van der Waals surface area contributed by atoms with Gasteiger partial charge in [0.15, 0.2) is 5.69 Å². The summed E-state index contributed by atoms with van der Waals surface area (Å²) in [6.07, 6.45) is -2.73. The SMILES string of the molecule is Cc1cc(C#N)c(C(F)(F)F)cc1Nc1nc(C(=O)NSN2CCCOCC2)co1. The summed E-state index contributed by atoms with van der Waals surface area (Å²) in [5, 5.41) is 11.6. The van der Waals surface area contributed by atoms with E-state index in [1.165, 1.54) is 0 Å². The molecular formula is C18H18F3N5O3S. The summed E-state index contributed by atoms with van der Waals surface area (Å²) >= 11 is 1.13. The molecule has 0 radical (unpaired) electrons. The van der Waals surface area contributed by atoms with E-state index >= 15 is 0 Å². The molecule has 1 fully saturated rings. The number of alkyl halides is 3. The molecule has 12 heteroatoms. The third-order valence-electron chi connectivity index (χ3n) is 4.22. The Kier molecular flexibility index (Phi) is 6.86. The van der Waals surface area contributed by atoms with E-state index < -0.39 is 23.2 Å². The van der Waals surface area contributed by atoms with E-state index in [-0.39, 0.29) is 17.4 Å². The molecular weight excluding hydrogens is 423 g/mol. The molecule has 0 unspecified atom stereocenters. The van der Waals surface area contributed by atoms with Crippen LogP contribution in [0, 0.1) is 18.3 Å². The molecule has 1 amide bonds. The lowest BCUT2D eigenvalue weighted by atomic mass is 10.0. The summed E-state index contributed by atoms with van der Waals surface area (Å²) < 4.78 is 54.6. The molecule has 160 valence electrons. The first kappa shape index (κ1) is 21.9. The van der Waals surface area contributed by atoms with Crippen molar-refractivity contribution < 1.29 is 27.1 Å². The Hall–Kier alpha value is -2.75. The van der Waals surface area contributed by atoms with Crippen LogP contribution < -0.4 is 10.0 Å². The van der Waals surface area contributed by atoms with E-state index in [0.717, 1.165) is 43.5 Å². The van der Waals surface area contributed by atoms with Crippen LogP contribution >= 0.6 is 12.1 Å². The minimum absolute atomic E-state index is 0.0292. The van der Waals surface area contributed by atoms with Gasteiger partial charge in [0.1, 0.15) is 6.26 Å². The van der Waals surface area contributed by atoms with Gasteiger partial charge in [-0.3, -0.25) is 9.52 Å². The number of aryl methyl sites for hydroxylation is 1. The average molecular weight is 441 g/mol. The molecule has 0 spiro atoms. The van der Waals surface area contributed by atoms with E-state index in [1.807, 2.05) is 4.31 Å². The highest BCUT2D eigenvalue weighted by Crippen LogP contribution is 2.35. The largest absolute Gasteiger partial charge is 0.431 e. The summed E-state index contributed by atoms with van der Waals surface area (Å²) in [4.78, 5) is 16.2. The van der Waals surface area contributed by atoms with E-state index in [2.05, 4.69) is 15.0 Å². The molecule has 8 nitrogen and oxygen atoms in total. The van der Waals surface area contributed by atoms with Crippen molar-refractivity contribution in [3.63, 3.8) is 0 Å². The lowest BCUT2D eigenvalue weighted by Crippen LogP contribution is -2.27. The molecule has 1 aromatic heterocycles. The first-order chi connectivity index (χ1) is 14.3. The van der Waals surface area contributed by atoms with Gasteiger partial charge >= 0.3 is 6.18 Å². The fourth-order valence-corrected chi connectivity index (χ4v) is 3.40. The fraction of sp³-hybridized carbons (Fsp3) is 0.389. The highest BCUT2D eigenvalue weighted by Gasteiger charge is 2.34. The van der Waals surface area contributed by atoms with Crippen molar-refractivity contribution in [1.82, 2.24) is 14.0 Å². The Morgan fingerprint density at radius 2 is 2.13 bits per heavy atom. The second-order valence-electron chi connectivity index (χ2n) is 6.40. The number of ether oxygens (including phenoxy) is 1. The van der Waals surface area contributed by atoms with Gasteiger partial charge in [0.25, 0.3) is 11.9 Å². The van der Waals surface area contributed by atoms with Crippen LogP contribution in [0.5, 0.6) is 0 Å². The summed E-state index contributed by atoms with van der Waals surface area (Å²) in [5.41, 5.74) is -1.12. The van der Waals surface area contributed by atoms with Gasteiger partial charge in [0, 0.05) is 37.5 Å². The number of anilines is 2. The summed E-state index contributed by atoms with van der Waals surface area (Å²) in [6, 6.07) is 3.34. The second kappa shape index (κ2) is 9.38. The first-order valence-electron chi connectivity index (χ1n) is 8.92. The zero-order valence-corrected chi connectivity index (χ0v) is 16.7. The van der Waals surface area contributed by atoms with Crippen molar-refractivity contribution in [2.45, 2.75) is 19.5 Å². The smallest absolute Gasteiger partial charge is 0.417 e. The van der Waals surface area contributed by atoms with Crippen molar-refractivity contribution >= 4 is 29.7 Å². The maximum atomic E-state index is 13.2. The van der Waals surface area contributed by atoms with E-state index in [9.17, 15) is 18.0 Å². The number of halogens is 3. The third kappa shape index (κ3) is 5.44. The van der Waals surface area contributed by atoms with E-state index in [1.54, 1.807) is 13.0 Å². The Labute approximate surface area is 174 Å². The zero-order chi connectivity index (χ0) is 21.7. The van der Waals surface area contributed by atoms with E-state index in [4.69, 9.17) is 14.4 Å². The molecule has 0 bridgehead atoms. The lowest BCUT2D eigenvalue weighted by Gasteiger charge is -2.16. The number of nitriles is 1. The van der Waals surface area contributed by atoms with Gasteiger partial charge < -0.3 is 14.5 Å². The number of benzene rings is 1. The van der Waals surface area contributed by atoms with Crippen molar-refractivity contribution in [1.29, 1.82) is 5.26 Å². The van der Waals surface area contributed by atoms with Crippen LogP contribution in [0.1, 0.15) is 33.6 Å². The second-order valence-corrected chi connectivity index (χ2v) is 7.31. The van der Waals surface area contributed by atoms with Crippen LogP contribution in [0.2, 0.25) is 0 Å². The molecule has 2 aromatic rings. The number of amides is 1. The van der Waals surface area contributed by atoms with E-state index in [0.29, 0.717) is 25.3 Å². The Morgan fingerprint density at radius 3 is 2.87 bits per heavy atom. The normalized spacial score (nSPS) is 15.3. The predicted octanol–water partition coefficient (Wildman–Crippen LogP) is 3.63. The Morgan fingerprint density at radius 1 is 1.33 bits per heavy atom. The number of nitrogens with one attached hydrogen (secondary N) is 2. The first-order valence-corrected chi connectivity index (χ1v) is 9.69. The Bertz CT molecular complexity index is 950. The molecule has 0 saturated carbocycles. The van der Waals surface area contributed by atoms with Crippen molar-refractivity contribution in [2.24, 2.45) is 0 Å². The molecule has 2 heterocycles. The minimum Gasteiger partial charge on any atom is -0.431 e. The quantitative estimate of drug-likeness (QED) is 0.678. The molecule has 1 aliphatic heterocycles. The standard InChI is InChI=1S/C18H18F3N5O3S/c1-11-7-12(9-22)13(18(19,20)21)8-14(11)23-17-24-15(10-29-17)16(27)25-30-26-3-2-5-28-6-4-26/h7-8,10H,2-6H2,1H3,(H,23,24)(H,25,27). The monoisotopic (exact) mass is 441 g/mol. The third-order valence-corrected chi connectivity index (χ3v) is 5.12. The number of nitrogens with zero attached hydrogens (tertiary/aromatic N) is 3. The number of hydrogen-bond acceptors (Lipinski definition) is 8. The highest BCUT2D eigenvalue weighted by atomic mass is 32.2. The number of aromatic nitrogens is 1. The van der Waals surface area contributed by atoms with Gasteiger partial charge in [-0.2, -0.15) is 23.4 Å². The van der Waals surface area contributed by atoms with Gasteiger partial charge in [0.05, 0.1) is 23.8 Å². The molecule has 0 atom stereocenters. The van der Waals surface area contributed by atoms with Gasteiger partial charge in [-0.15, -0.1) is 0 Å². The molecule has 30 heavy (non-hydrogen) atoms. The van der Waals surface area contributed by atoms with Crippen molar-refractivity contribution in [3.05, 3.63) is 40.8 Å².